The van der Waals surface area contributed by atoms with Gasteiger partial charge in [-0.05, 0) is 20.1 Å². The van der Waals surface area contributed by atoms with Crippen LogP contribution in [-0.4, -0.2) is 55.7 Å². The van der Waals surface area contributed by atoms with Crippen molar-refractivity contribution in [1.29, 1.82) is 0 Å². The summed E-state index contributed by atoms with van der Waals surface area (Å²) >= 11 is 1.39. The second-order valence-electron chi connectivity index (χ2n) is 3.44. The highest BCUT2D eigenvalue weighted by atomic mass is 32.2. The van der Waals surface area contributed by atoms with Gasteiger partial charge in [0.15, 0.2) is 0 Å². The molecule has 0 aliphatic rings. The molecule has 0 saturated carbocycles. The average Bonchev–Trinajstić information content (AvgIpc) is 2.35. The molecule has 0 aromatic carbocycles. The van der Waals surface area contributed by atoms with Crippen LogP contribution in [0.5, 0.6) is 0 Å². The fraction of sp³-hybridized carbons (Fsp3) is 0.818. The Morgan fingerprint density at radius 2 is 1.67 bits per heavy atom. The lowest BCUT2D eigenvalue weighted by atomic mass is 9.90. The zero-order valence-electron chi connectivity index (χ0n) is 10.9. The molecule has 0 aromatic rings. The summed E-state index contributed by atoms with van der Waals surface area (Å²) in [5.74, 6) is -1.35. The maximum Gasteiger partial charge on any atom is 0.328 e. The summed E-state index contributed by atoms with van der Waals surface area (Å²) < 4.78 is 14.8. The minimum Gasteiger partial charge on any atom is -0.465 e. The first-order chi connectivity index (χ1) is 8.58. The molecule has 1 N–H and O–H groups in total. The number of aliphatic hydroxyl groups excluding tert-OH is 1. The summed E-state index contributed by atoms with van der Waals surface area (Å²) in [6.07, 6.45) is 1.81. The minimum absolute atomic E-state index is 0.114. The van der Waals surface area contributed by atoms with Gasteiger partial charge in [-0.25, -0.2) is 0 Å². The molecule has 106 valence electrons. The lowest BCUT2D eigenvalue weighted by Gasteiger charge is -2.26. The normalized spacial score (nSPS) is 11.1. The van der Waals surface area contributed by atoms with E-state index in [1.165, 1.54) is 11.8 Å². The third-order valence-electron chi connectivity index (χ3n) is 2.15. The van der Waals surface area contributed by atoms with Gasteiger partial charge in [0, 0.05) is 0 Å². The number of carbonyl (C=O) groups is 2. The molecule has 0 fully saturated rings. The molecule has 0 spiro atoms. The number of esters is 2. The lowest BCUT2D eigenvalue weighted by molar-refractivity contribution is -0.179. The maximum absolute atomic E-state index is 11.8. The number of aliphatic hydroxyl groups is 1. The van der Waals surface area contributed by atoms with Crippen LogP contribution in [0.1, 0.15) is 13.8 Å². The van der Waals surface area contributed by atoms with E-state index in [4.69, 9.17) is 14.2 Å². The van der Waals surface area contributed by atoms with Crippen LogP contribution < -0.4 is 0 Å². The maximum atomic E-state index is 11.8. The molecule has 0 aliphatic heterocycles. The van der Waals surface area contributed by atoms with E-state index in [0.29, 0.717) is 5.94 Å². The number of thioether (sulfide) groups is 1. The van der Waals surface area contributed by atoms with Crippen molar-refractivity contribution >= 4 is 23.7 Å². The van der Waals surface area contributed by atoms with Gasteiger partial charge in [0.25, 0.3) is 0 Å². The molecular weight excluding hydrogens is 260 g/mol. The van der Waals surface area contributed by atoms with Crippen LogP contribution >= 0.6 is 11.8 Å². The van der Waals surface area contributed by atoms with Crippen molar-refractivity contribution in [2.45, 2.75) is 13.8 Å². The molecule has 0 unspecified atom stereocenters. The van der Waals surface area contributed by atoms with E-state index < -0.39 is 24.0 Å². The first-order valence-electron chi connectivity index (χ1n) is 5.61. The van der Waals surface area contributed by atoms with Crippen molar-refractivity contribution < 1.29 is 28.9 Å². The molecule has 6 nitrogen and oxygen atoms in total. The lowest BCUT2D eigenvalue weighted by Crippen LogP contribution is -2.48. The molecule has 0 atom stereocenters. The summed E-state index contributed by atoms with van der Waals surface area (Å²) in [6.45, 7) is 2.49. The average molecular weight is 280 g/mol. The molecule has 18 heavy (non-hydrogen) atoms. The van der Waals surface area contributed by atoms with Crippen LogP contribution in [0.15, 0.2) is 0 Å². The smallest absolute Gasteiger partial charge is 0.328 e. The molecule has 0 heterocycles. The molecule has 0 saturated heterocycles. The van der Waals surface area contributed by atoms with Crippen LogP contribution in [-0.2, 0) is 23.8 Å². The number of hydrogen-bond donors (Lipinski definition) is 1. The van der Waals surface area contributed by atoms with Crippen LogP contribution in [0.2, 0.25) is 0 Å². The molecule has 0 bridgehead atoms. The number of hydrogen-bond acceptors (Lipinski definition) is 7. The van der Waals surface area contributed by atoms with Crippen molar-refractivity contribution in [1.82, 2.24) is 0 Å². The zero-order chi connectivity index (χ0) is 14.0. The summed E-state index contributed by atoms with van der Waals surface area (Å²) in [4.78, 5) is 23.7. The van der Waals surface area contributed by atoms with Gasteiger partial charge in [0.05, 0.1) is 32.4 Å². The summed E-state index contributed by atoms with van der Waals surface area (Å²) in [5, 5.41) is 9.38. The fourth-order valence-electron chi connectivity index (χ4n) is 1.21. The third-order valence-corrected chi connectivity index (χ3v) is 2.55. The molecular formula is C11H20O6S. The molecule has 7 heteroatoms. The highest BCUT2D eigenvalue weighted by molar-refractivity contribution is 7.98. The van der Waals surface area contributed by atoms with Crippen molar-refractivity contribution in [2.75, 3.05) is 38.6 Å². The van der Waals surface area contributed by atoms with Crippen LogP contribution in [0.3, 0.4) is 0 Å². The second kappa shape index (κ2) is 9.18. The summed E-state index contributed by atoms with van der Waals surface area (Å²) in [5.41, 5.74) is -1.79. The number of ether oxygens (including phenoxy) is 3. The van der Waals surface area contributed by atoms with Gasteiger partial charge in [-0.2, -0.15) is 0 Å². The van der Waals surface area contributed by atoms with Gasteiger partial charge in [-0.1, -0.05) is 0 Å². The number of carbonyl (C=O) groups excluding carboxylic acids is 2. The molecule has 0 aromatic heterocycles. The predicted octanol–water partition coefficient (Wildman–Crippen LogP) is 0.428. The Labute approximate surface area is 111 Å². The van der Waals surface area contributed by atoms with E-state index in [0.717, 1.165) is 0 Å². The molecule has 0 radical (unpaired) electrons. The van der Waals surface area contributed by atoms with E-state index in [2.05, 4.69) is 0 Å². The Morgan fingerprint density at radius 3 is 2.00 bits per heavy atom. The van der Waals surface area contributed by atoms with Gasteiger partial charge in [-0.3, -0.25) is 9.59 Å². The number of rotatable bonds is 9. The van der Waals surface area contributed by atoms with Gasteiger partial charge >= 0.3 is 11.9 Å². The highest BCUT2D eigenvalue weighted by Crippen LogP contribution is 2.22. The SMILES string of the molecule is CCOC(=O)C(CO)(COCSC)C(=O)OCC. The molecule has 0 rings (SSSR count). The zero-order valence-corrected chi connectivity index (χ0v) is 11.7. The molecule has 0 amide bonds. The summed E-state index contributed by atoms with van der Waals surface area (Å²) in [6, 6.07) is 0. The Morgan fingerprint density at radius 1 is 1.17 bits per heavy atom. The van der Waals surface area contributed by atoms with Crippen LogP contribution in [0, 0.1) is 5.41 Å². The molecule has 0 aliphatic carbocycles. The Bertz CT molecular complexity index is 250. The Hall–Kier alpha value is -0.790. The van der Waals surface area contributed by atoms with E-state index in [-0.39, 0.29) is 19.8 Å². The van der Waals surface area contributed by atoms with E-state index in [1.54, 1.807) is 13.8 Å². The summed E-state index contributed by atoms with van der Waals surface area (Å²) in [7, 11) is 0. The van der Waals surface area contributed by atoms with Gasteiger partial charge in [0.2, 0.25) is 5.41 Å². The first-order valence-corrected chi connectivity index (χ1v) is 7.00. The van der Waals surface area contributed by atoms with Crippen LogP contribution in [0.4, 0.5) is 0 Å². The standard InChI is InChI=1S/C11H20O6S/c1-4-16-9(13)11(6-12,7-15-8-18-3)10(14)17-5-2/h12H,4-8H2,1-3H3. The monoisotopic (exact) mass is 280 g/mol. The van der Waals surface area contributed by atoms with Gasteiger partial charge in [0.1, 0.15) is 0 Å². The Kier molecular flexibility index (Phi) is 8.78. The van der Waals surface area contributed by atoms with E-state index >= 15 is 0 Å². The van der Waals surface area contributed by atoms with Crippen molar-refractivity contribution in [3.05, 3.63) is 0 Å². The quantitative estimate of drug-likeness (QED) is 0.284. The second-order valence-corrected chi connectivity index (χ2v) is 4.25. The van der Waals surface area contributed by atoms with Gasteiger partial charge in [-0.15, -0.1) is 11.8 Å². The predicted molar refractivity (Wildman–Crippen MR) is 67.1 cm³/mol. The topological polar surface area (TPSA) is 82.1 Å². The van der Waals surface area contributed by atoms with Crippen LogP contribution in [0.25, 0.3) is 0 Å². The highest BCUT2D eigenvalue weighted by Gasteiger charge is 2.49. The van der Waals surface area contributed by atoms with Gasteiger partial charge < -0.3 is 19.3 Å². The van der Waals surface area contributed by atoms with E-state index in [9.17, 15) is 14.7 Å². The van der Waals surface area contributed by atoms with Crippen molar-refractivity contribution in [2.24, 2.45) is 5.41 Å². The van der Waals surface area contributed by atoms with E-state index in [1.807, 2.05) is 6.26 Å². The van der Waals surface area contributed by atoms with Crippen molar-refractivity contribution in [3.63, 3.8) is 0 Å². The Balaban J connectivity index is 4.93. The largest absolute Gasteiger partial charge is 0.465 e. The minimum atomic E-state index is -1.79. The third kappa shape index (κ3) is 4.47. The first kappa shape index (κ1) is 17.2. The fourth-order valence-corrected chi connectivity index (χ4v) is 1.46. The van der Waals surface area contributed by atoms with Crippen molar-refractivity contribution in [3.8, 4) is 0 Å².